The van der Waals surface area contributed by atoms with Crippen molar-refractivity contribution in [1.29, 1.82) is 0 Å². The Balaban J connectivity index is 2.24. The van der Waals surface area contributed by atoms with Gasteiger partial charge in [-0.2, -0.15) is 5.10 Å². The lowest BCUT2D eigenvalue weighted by atomic mass is 10.2. The lowest BCUT2D eigenvalue weighted by Gasteiger charge is -2.08. The van der Waals surface area contributed by atoms with Gasteiger partial charge in [-0.05, 0) is 25.5 Å². The van der Waals surface area contributed by atoms with E-state index in [-0.39, 0.29) is 0 Å². The zero-order chi connectivity index (χ0) is 10.4. The van der Waals surface area contributed by atoms with Crippen LogP contribution in [0.2, 0.25) is 0 Å². The van der Waals surface area contributed by atoms with Crippen LogP contribution in [-0.2, 0) is 13.0 Å². The van der Waals surface area contributed by atoms with E-state index in [4.69, 9.17) is 0 Å². The summed E-state index contributed by atoms with van der Waals surface area (Å²) in [6, 6.07) is 2.10. The summed E-state index contributed by atoms with van der Waals surface area (Å²) in [5, 5.41) is 7.67. The van der Waals surface area contributed by atoms with Gasteiger partial charge in [0, 0.05) is 31.4 Å². The van der Waals surface area contributed by atoms with Crippen LogP contribution in [0.1, 0.15) is 26.5 Å². The Morgan fingerprint density at radius 1 is 1.50 bits per heavy atom. The maximum absolute atomic E-state index is 4.24. The molecule has 14 heavy (non-hydrogen) atoms. The molecule has 0 fully saturated rings. The van der Waals surface area contributed by atoms with Crippen molar-refractivity contribution < 1.29 is 0 Å². The van der Waals surface area contributed by atoms with Crippen molar-refractivity contribution >= 4 is 0 Å². The zero-order valence-electron chi connectivity index (χ0n) is 9.45. The number of rotatable bonds is 6. The van der Waals surface area contributed by atoms with E-state index in [0.29, 0.717) is 0 Å². The SMILES string of the molecule is CCn1nccc1CCNCC(C)C. The molecule has 0 saturated heterocycles. The monoisotopic (exact) mass is 195 g/mol. The third-order valence-electron chi connectivity index (χ3n) is 2.21. The van der Waals surface area contributed by atoms with Crippen LogP contribution in [-0.4, -0.2) is 22.9 Å². The first-order chi connectivity index (χ1) is 6.74. The topological polar surface area (TPSA) is 29.9 Å². The van der Waals surface area contributed by atoms with E-state index >= 15 is 0 Å². The summed E-state index contributed by atoms with van der Waals surface area (Å²) in [6.07, 6.45) is 2.95. The summed E-state index contributed by atoms with van der Waals surface area (Å²) < 4.78 is 2.05. The van der Waals surface area contributed by atoms with Crippen molar-refractivity contribution in [2.45, 2.75) is 33.7 Å². The van der Waals surface area contributed by atoms with Crippen LogP contribution in [0.5, 0.6) is 0 Å². The molecular formula is C11H21N3. The second kappa shape index (κ2) is 5.81. The van der Waals surface area contributed by atoms with Crippen LogP contribution in [0.4, 0.5) is 0 Å². The zero-order valence-corrected chi connectivity index (χ0v) is 9.45. The lowest BCUT2D eigenvalue weighted by molar-refractivity contribution is 0.541. The van der Waals surface area contributed by atoms with Crippen LogP contribution >= 0.6 is 0 Å². The molecule has 1 N–H and O–H groups in total. The molecule has 0 aliphatic heterocycles. The fourth-order valence-corrected chi connectivity index (χ4v) is 1.46. The third kappa shape index (κ3) is 3.50. The first-order valence-electron chi connectivity index (χ1n) is 5.45. The Labute approximate surface area is 86.5 Å². The molecule has 0 aliphatic carbocycles. The molecule has 3 nitrogen and oxygen atoms in total. The van der Waals surface area contributed by atoms with Gasteiger partial charge in [0.1, 0.15) is 0 Å². The fourth-order valence-electron chi connectivity index (χ4n) is 1.46. The van der Waals surface area contributed by atoms with Crippen molar-refractivity contribution in [2.24, 2.45) is 5.92 Å². The number of hydrogen-bond donors (Lipinski definition) is 1. The molecule has 0 amide bonds. The van der Waals surface area contributed by atoms with Gasteiger partial charge in [-0.25, -0.2) is 0 Å². The lowest BCUT2D eigenvalue weighted by Crippen LogP contribution is -2.23. The molecule has 1 rings (SSSR count). The Hall–Kier alpha value is -0.830. The predicted molar refractivity (Wildman–Crippen MR) is 59.3 cm³/mol. The van der Waals surface area contributed by atoms with Gasteiger partial charge < -0.3 is 5.32 Å². The number of aromatic nitrogens is 2. The number of nitrogens with zero attached hydrogens (tertiary/aromatic N) is 2. The maximum atomic E-state index is 4.24. The number of aryl methyl sites for hydroxylation is 1. The predicted octanol–water partition coefficient (Wildman–Crippen LogP) is 1.69. The van der Waals surface area contributed by atoms with E-state index in [9.17, 15) is 0 Å². The van der Waals surface area contributed by atoms with Gasteiger partial charge in [0.25, 0.3) is 0 Å². The molecule has 0 spiro atoms. The average Bonchev–Trinajstić information content (AvgIpc) is 2.59. The van der Waals surface area contributed by atoms with Crippen LogP contribution in [0.15, 0.2) is 12.3 Å². The van der Waals surface area contributed by atoms with Crippen molar-refractivity contribution in [3.63, 3.8) is 0 Å². The van der Waals surface area contributed by atoms with E-state index in [1.807, 2.05) is 6.20 Å². The highest BCUT2D eigenvalue weighted by atomic mass is 15.3. The molecule has 1 aromatic rings. The first kappa shape index (κ1) is 11.2. The summed E-state index contributed by atoms with van der Waals surface area (Å²) in [5.41, 5.74) is 1.32. The van der Waals surface area contributed by atoms with Gasteiger partial charge in [-0.3, -0.25) is 4.68 Å². The van der Waals surface area contributed by atoms with Crippen molar-refractivity contribution in [2.75, 3.05) is 13.1 Å². The molecule has 0 aliphatic rings. The minimum atomic E-state index is 0.728. The molecule has 0 radical (unpaired) electrons. The minimum Gasteiger partial charge on any atom is -0.316 e. The van der Waals surface area contributed by atoms with E-state index in [1.165, 1.54) is 5.69 Å². The van der Waals surface area contributed by atoms with E-state index in [1.54, 1.807) is 0 Å². The Morgan fingerprint density at radius 2 is 2.29 bits per heavy atom. The smallest absolute Gasteiger partial charge is 0.0492 e. The third-order valence-corrected chi connectivity index (χ3v) is 2.21. The van der Waals surface area contributed by atoms with Crippen LogP contribution < -0.4 is 5.32 Å². The van der Waals surface area contributed by atoms with Crippen molar-refractivity contribution in [1.82, 2.24) is 15.1 Å². The van der Waals surface area contributed by atoms with E-state index in [0.717, 1.165) is 32.0 Å². The number of hydrogen-bond acceptors (Lipinski definition) is 2. The Bertz CT molecular complexity index is 253. The van der Waals surface area contributed by atoms with Crippen LogP contribution in [0.25, 0.3) is 0 Å². The highest BCUT2D eigenvalue weighted by Gasteiger charge is 1.99. The highest BCUT2D eigenvalue weighted by molar-refractivity contribution is 5.00. The quantitative estimate of drug-likeness (QED) is 0.700. The summed E-state index contributed by atoms with van der Waals surface area (Å²) in [5.74, 6) is 0.728. The molecule has 0 saturated carbocycles. The molecule has 1 aromatic heterocycles. The second-order valence-corrected chi connectivity index (χ2v) is 3.99. The van der Waals surface area contributed by atoms with Gasteiger partial charge in [0.2, 0.25) is 0 Å². The maximum Gasteiger partial charge on any atom is 0.0492 e. The minimum absolute atomic E-state index is 0.728. The molecule has 3 heteroatoms. The molecule has 0 bridgehead atoms. The molecule has 0 atom stereocenters. The standard InChI is InChI=1S/C11H21N3/c1-4-14-11(6-8-13-14)5-7-12-9-10(2)3/h6,8,10,12H,4-5,7,9H2,1-3H3. The van der Waals surface area contributed by atoms with Crippen LogP contribution in [0, 0.1) is 5.92 Å². The van der Waals surface area contributed by atoms with Crippen LogP contribution in [0.3, 0.4) is 0 Å². The van der Waals surface area contributed by atoms with Gasteiger partial charge in [0.15, 0.2) is 0 Å². The molecule has 0 aromatic carbocycles. The van der Waals surface area contributed by atoms with Gasteiger partial charge >= 0.3 is 0 Å². The number of nitrogens with one attached hydrogen (secondary N) is 1. The van der Waals surface area contributed by atoms with Gasteiger partial charge in [-0.1, -0.05) is 13.8 Å². The van der Waals surface area contributed by atoms with Gasteiger partial charge in [-0.15, -0.1) is 0 Å². The van der Waals surface area contributed by atoms with E-state index < -0.39 is 0 Å². The summed E-state index contributed by atoms with van der Waals surface area (Å²) in [7, 11) is 0. The largest absolute Gasteiger partial charge is 0.316 e. The average molecular weight is 195 g/mol. The Kier molecular flexibility index (Phi) is 4.66. The highest BCUT2D eigenvalue weighted by Crippen LogP contribution is 1.99. The summed E-state index contributed by atoms with van der Waals surface area (Å²) in [6.45, 7) is 9.68. The molecule has 80 valence electrons. The molecular weight excluding hydrogens is 174 g/mol. The summed E-state index contributed by atoms with van der Waals surface area (Å²) in [4.78, 5) is 0. The van der Waals surface area contributed by atoms with Gasteiger partial charge in [0.05, 0.1) is 0 Å². The first-order valence-corrected chi connectivity index (χ1v) is 5.45. The normalized spacial score (nSPS) is 11.1. The molecule has 0 unspecified atom stereocenters. The van der Waals surface area contributed by atoms with Crippen molar-refractivity contribution in [3.05, 3.63) is 18.0 Å². The Morgan fingerprint density at radius 3 is 2.93 bits per heavy atom. The van der Waals surface area contributed by atoms with E-state index in [2.05, 4.69) is 41.9 Å². The summed E-state index contributed by atoms with van der Waals surface area (Å²) >= 11 is 0. The molecule has 1 heterocycles. The van der Waals surface area contributed by atoms with Crippen molar-refractivity contribution in [3.8, 4) is 0 Å². The second-order valence-electron chi connectivity index (χ2n) is 3.99. The fraction of sp³-hybridized carbons (Fsp3) is 0.727.